The van der Waals surface area contributed by atoms with Gasteiger partial charge in [-0.2, -0.15) is 0 Å². The predicted octanol–water partition coefficient (Wildman–Crippen LogP) is 4.53. The van der Waals surface area contributed by atoms with Gasteiger partial charge in [-0.05, 0) is 67.3 Å². The lowest BCUT2D eigenvalue weighted by molar-refractivity contribution is -0.122. The number of fused-ring (bicyclic) bond motifs is 1. The fourth-order valence-electron chi connectivity index (χ4n) is 5.21. The minimum atomic E-state index is -0.688. The second-order valence-corrected chi connectivity index (χ2v) is 9.48. The van der Waals surface area contributed by atoms with Gasteiger partial charge in [-0.1, -0.05) is 45.0 Å². The maximum atomic E-state index is 13.0. The number of ether oxygens (including phenoxy) is 1. The van der Waals surface area contributed by atoms with Gasteiger partial charge in [0.25, 0.3) is 5.91 Å². The molecule has 0 bridgehead atoms. The third-order valence-electron chi connectivity index (χ3n) is 7.13. The number of para-hydroxylation sites is 1. The number of nitrogens with zero attached hydrogens (tertiary/aromatic N) is 1. The van der Waals surface area contributed by atoms with E-state index in [0.717, 1.165) is 36.1 Å². The summed E-state index contributed by atoms with van der Waals surface area (Å²) in [4.78, 5) is 52.4. The van der Waals surface area contributed by atoms with Crippen molar-refractivity contribution in [2.24, 2.45) is 17.8 Å². The van der Waals surface area contributed by atoms with Crippen molar-refractivity contribution in [2.45, 2.75) is 52.9 Å². The largest absolute Gasteiger partial charge is 0.452 e. The lowest BCUT2D eigenvalue weighted by Crippen LogP contribution is -2.31. The van der Waals surface area contributed by atoms with E-state index in [2.05, 4.69) is 12.2 Å². The van der Waals surface area contributed by atoms with Gasteiger partial charge >= 0.3 is 5.97 Å². The van der Waals surface area contributed by atoms with Crippen LogP contribution in [0.1, 0.15) is 61.5 Å². The van der Waals surface area contributed by atoms with Crippen molar-refractivity contribution < 1.29 is 23.9 Å². The number of carbonyl (C=O) groups is 4. The second kappa shape index (κ2) is 10.4. The van der Waals surface area contributed by atoms with Gasteiger partial charge in [0.2, 0.25) is 11.8 Å². The molecule has 2 aliphatic rings. The minimum Gasteiger partial charge on any atom is -0.452 e. The monoisotopic (exact) mass is 476 g/mol. The number of anilines is 2. The van der Waals surface area contributed by atoms with E-state index in [1.807, 2.05) is 32.0 Å². The Hall–Kier alpha value is -3.48. The molecule has 184 valence electrons. The summed E-state index contributed by atoms with van der Waals surface area (Å²) in [6.45, 7) is 5.70. The van der Waals surface area contributed by atoms with Crippen molar-refractivity contribution in [1.82, 2.24) is 0 Å². The van der Waals surface area contributed by atoms with Crippen molar-refractivity contribution in [3.8, 4) is 0 Å². The number of amides is 3. The van der Waals surface area contributed by atoms with Crippen LogP contribution in [0.5, 0.6) is 0 Å². The van der Waals surface area contributed by atoms with Crippen molar-refractivity contribution in [3.63, 3.8) is 0 Å². The first-order valence-corrected chi connectivity index (χ1v) is 12.4. The van der Waals surface area contributed by atoms with Crippen LogP contribution < -0.4 is 10.2 Å². The molecule has 2 fully saturated rings. The molecule has 4 rings (SSSR count). The van der Waals surface area contributed by atoms with E-state index in [9.17, 15) is 19.2 Å². The Morgan fingerprint density at radius 2 is 1.63 bits per heavy atom. The molecule has 35 heavy (non-hydrogen) atoms. The van der Waals surface area contributed by atoms with Gasteiger partial charge in [0.1, 0.15) is 0 Å². The highest BCUT2D eigenvalue weighted by molar-refractivity contribution is 6.22. The highest BCUT2D eigenvalue weighted by Crippen LogP contribution is 2.42. The van der Waals surface area contributed by atoms with Crippen LogP contribution in [0.2, 0.25) is 0 Å². The fraction of sp³-hybridized carbons (Fsp3) is 0.429. The Labute approximate surface area is 205 Å². The van der Waals surface area contributed by atoms with Gasteiger partial charge in [-0.3, -0.25) is 19.3 Å². The quantitative estimate of drug-likeness (QED) is 0.468. The molecule has 7 heteroatoms. The maximum absolute atomic E-state index is 13.0. The molecule has 1 saturated heterocycles. The summed E-state index contributed by atoms with van der Waals surface area (Å²) in [7, 11) is 0. The zero-order valence-electron chi connectivity index (χ0n) is 20.5. The summed E-state index contributed by atoms with van der Waals surface area (Å²) in [6.07, 6.45) is 3.90. The molecule has 2 aromatic rings. The standard InChI is InChI=1S/C28H32N2O5/c1-4-18-8-6-9-19(5-2)25(18)29-24(31)16-35-28(34)20-10-7-11-21(15-20)30-26(32)22-13-12-17(3)14-23(22)27(30)33/h6-11,15,17,22-23H,4-5,12-14,16H2,1-3H3,(H,29,31)/t17-,22-,23-/m1/s1. The molecule has 0 radical (unpaired) electrons. The number of aryl methyl sites for hydroxylation is 2. The summed E-state index contributed by atoms with van der Waals surface area (Å²) < 4.78 is 5.25. The molecular weight excluding hydrogens is 444 g/mol. The lowest BCUT2D eigenvalue weighted by Gasteiger charge is -2.25. The molecule has 1 aliphatic carbocycles. The topological polar surface area (TPSA) is 92.8 Å². The van der Waals surface area contributed by atoms with E-state index in [1.165, 1.54) is 11.0 Å². The summed E-state index contributed by atoms with van der Waals surface area (Å²) in [5, 5.41) is 2.87. The number of nitrogens with one attached hydrogen (secondary N) is 1. The lowest BCUT2D eigenvalue weighted by atomic mass is 9.76. The van der Waals surface area contributed by atoms with E-state index in [-0.39, 0.29) is 29.2 Å². The van der Waals surface area contributed by atoms with Crippen LogP contribution in [-0.4, -0.2) is 30.3 Å². The Bertz CT molecular complexity index is 1140. The number of rotatable bonds is 7. The Morgan fingerprint density at radius 3 is 2.31 bits per heavy atom. The van der Waals surface area contributed by atoms with Crippen molar-refractivity contribution in [2.75, 3.05) is 16.8 Å². The normalized spacial score (nSPS) is 21.6. The Balaban J connectivity index is 1.42. The maximum Gasteiger partial charge on any atom is 0.338 e. The average molecular weight is 477 g/mol. The molecular formula is C28H32N2O5. The SMILES string of the molecule is CCc1cccc(CC)c1NC(=O)COC(=O)c1cccc(N2C(=O)[C@@H]3CC[C@@H](C)C[C@H]3C2=O)c1. The summed E-state index contributed by atoms with van der Waals surface area (Å²) >= 11 is 0. The fourth-order valence-corrected chi connectivity index (χ4v) is 5.21. The minimum absolute atomic E-state index is 0.183. The molecule has 3 amide bonds. The van der Waals surface area contributed by atoms with E-state index >= 15 is 0 Å². The van der Waals surface area contributed by atoms with E-state index in [4.69, 9.17) is 4.74 Å². The predicted molar refractivity (Wildman–Crippen MR) is 133 cm³/mol. The molecule has 1 saturated carbocycles. The third-order valence-corrected chi connectivity index (χ3v) is 7.13. The zero-order valence-corrected chi connectivity index (χ0v) is 20.5. The Kier molecular flexibility index (Phi) is 7.34. The van der Waals surface area contributed by atoms with Crippen LogP contribution in [-0.2, 0) is 32.0 Å². The third kappa shape index (κ3) is 4.99. The number of hydrogen-bond donors (Lipinski definition) is 1. The molecule has 0 aromatic heterocycles. The van der Waals surface area contributed by atoms with Crippen LogP contribution >= 0.6 is 0 Å². The van der Waals surface area contributed by atoms with Crippen molar-refractivity contribution >= 4 is 35.1 Å². The highest BCUT2D eigenvalue weighted by atomic mass is 16.5. The molecule has 0 unspecified atom stereocenters. The molecule has 2 aromatic carbocycles. The van der Waals surface area contributed by atoms with Gasteiger partial charge in [0.15, 0.2) is 6.61 Å². The highest BCUT2D eigenvalue weighted by Gasteiger charge is 2.50. The number of carbonyl (C=O) groups excluding carboxylic acids is 4. The molecule has 1 N–H and O–H groups in total. The summed E-state index contributed by atoms with van der Waals surface area (Å²) in [5.74, 6) is -1.66. The number of imide groups is 1. The van der Waals surface area contributed by atoms with Crippen molar-refractivity contribution in [3.05, 3.63) is 59.2 Å². The first-order valence-electron chi connectivity index (χ1n) is 12.4. The number of esters is 1. The summed E-state index contributed by atoms with van der Waals surface area (Å²) in [5.41, 5.74) is 3.36. The van der Waals surface area contributed by atoms with Gasteiger partial charge in [0.05, 0.1) is 23.1 Å². The van der Waals surface area contributed by atoms with Crippen LogP contribution in [0.3, 0.4) is 0 Å². The van der Waals surface area contributed by atoms with Gasteiger partial charge in [0, 0.05) is 5.69 Å². The van der Waals surface area contributed by atoms with Gasteiger partial charge in [-0.15, -0.1) is 0 Å². The van der Waals surface area contributed by atoms with Crippen LogP contribution in [0.4, 0.5) is 11.4 Å². The van der Waals surface area contributed by atoms with Gasteiger partial charge < -0.3 is 10.1 Å². The van der Waals surface area contributed by atoms with Crippen LogP contribution in [0.25, 0.3) is 0 Å². The second-order valence-electron chi connectivity index (χ2n) is 9.48. The molecule has 7 nitrogen and oxygen atoms in total. The first-order chi connectivity index (χ1) is 16.8. The zero-order chi connectivity index (χ0) is 25.1. The van der Waals surface area contributed by atoms with E-state index in [0.29, 0.717) is 24.4 Å². The van der Waals surface area contributed by atoms with Crippen LogP contribution in [0, 0.1) is 17.8 Å². The average Bonchev–Trinajstić information content (AvgIpc) is 3.11. The Morgan fingerprint density at radius 1 is 0.971 bits per heavy atom. The number of benzene rings is 2. The van der Waals surface area contributed by atoms with Crippen molar-refractivity contribution in [1.29, 1.82) is 0 Å². The smallest absolute Gasteiger partial charge is 0.338 e. The molecule has 1 aliphatic heterocycles. The number of hydrogen-bond acceptors (Lipinski definition) is 5. The van der Waals surface area contributed by atoms with Gasteiger partial charge in [-0.25, -0.2) is 4.79 Å². The first kappa shape index (κ1) is 24.6. The molecule has 1 heterocycles. The summed E-state index contributed by atoms with van der Waals surface area (Å²) in [6, 6.07) is 12.2. The molecule has 0 spiro atoms. The molecule has 3 atom stereocenters. The van der Waals surface area contributed by atoms with E-state index < -0.39 is 18.5 Å². The van der Waals surface area contributed by atoms with E-state index in [1.54, 1.807) is 18.2 Å². The van der Waals surface area contributed by atoms with Crippen LogP contribution in [0.15, 0.2) is 42.5 Å².